The van der Waals surface area contributed by atoms with Crippen LogP contribution in [0.5, 0.6) is 0 Å². The molecule has 4 nitrogen and oxygen atoms in total. The average Bonchev–Trinajstić information content (AvgIpc) is 3.28. The molecule has 1 aliphatic rings. The number of carbonyl (C=O) groups excluding carboxylic acids is 1. The monoisotopic (exact) mass is 398 g/mol. The Morgan fingerprint density at radius 3 is 2.81 bits per heavy atom. The second kappa shape index (κ2) is 8.86. The van der Waals surface area contributed by atoms with Gasteiger partial charge in [0.1, 0.15) is 0 Å². The molecule has 1 fully saturated rings. The van der Waals surface area contributed by atoms with Crippen LogP contribution in [-0.2, 0) is 22.3 Å². The highest BCUT2D eigenvalue weighted by molar-refractivity contribution is 7.09. The summed E-state index contributed by atoms with van der Waals surface area (Å²) in [6.45, 7) is 2.05. The van der Waals surface area contributed by atoms with Gasteiger partial charge >= 0.3 is 6.18 Å². The van der Waals surface area contributed by atoms with Crippen molar-refractivity contribution < 1.29 is 22.7 Å². The number of thiophene rings is 1. The van der Waals surface area contributed by atoms with Gasteiger partial charge in [-0.1, -0.05) is 12.1 Å². The number of anilines is 1. The second-order valence-electron chi connectivity index (χ2n) is 6.51. The van der Waals surface area contributed by atoms with Gasteiger partial charge in [-0.15, -0.1) is 11.3 Å². The van der Waals surface area contributed by atoms with Crippen LogP contribution in [0.3, 0.4) is 0 Å². The Kier molecular flexibility index (Phi) is 6.51. The summed E-state index contributed by atoms with van der Waals surface area (Å²) in [5.74, 6) is -0.344. The molecule has 2 heterocycles. The smallest absolute Gasteiger partial charge is 0.377 e. The molecule has 0 spiro atoms. The van der Waals surface area contributed by atoms with Crippen molar-refractivity contribution in [3.8, 4) is 0 Å². The molecule has 3 rings (SSSR count). The van der Waals surface area contributed by atoms with Gasteiger partial charge in [0, 0.05) is 30.3 Å². The zero-order valence-corrected chi connectivity index (χ0v) is 15.5. The minimum absolute atomic E-state index is 0.0892. The van der Waals surface area contributed by atoms with Crippen molar-refractivity contribution in [2.24, 2.45) is 0 Å². The van der Waals surface area contributed by atoms with E-state index in [-0.39, 0.29) is 24.2 Å². The van der Waals surface area contributed by atoms with E-state index in [0.29, 0.717) is 13.1 Å². The molecule has 1 N–H and O–H groups in total. The lowest BCUT2D eigenvalue weighted by Crippen LogP contribution is -2.37. The first-order valence-corrected chi connectivity index (χ1v) is 9.61. The van der Waals surface area contributed by atoms with Gasteiger partial charge in [0.05, 0.1) is 18.2 Å². The Bertz CT molecular complexity index is 744. The van der Waals surface area contributed by atoms with Crippen LogP contribution >= 0.6 is 11.3 Å². The molecule has 8 heteroatoms. The third-order valence-electron chi connectivity index (χ3n) is 4.29. The molecule has 1 aromatic heterocycles. The number of hydrogen-bond acceptors (Lipinski definition) is 4. The maximum absolute atomic E-state index is 12.8. The van der Waals surface area contributed by atoms with Crippen LogP contribution in [-0.4, -0.2) is 36.6 Å². The van der Waals surface area contributed by atoms with Gasteiger partial charge in [-0.05, 0) is 42.5 Å². The SMILES string of the molecule is O=C(CN(Cc1cccs1)CC1CCCO1)Nc1cccc(C(F)(F)F)c1. The summed E-state index contributed by atoms with van der Waals surface area (Å²) in [6.07, 6.45) is -2.39. The number of amides is 1. The lowest BCUT2D eigenvalue weighted by Gasteiger charge is -2.24. The van der Waals surface area contributed by atoms with E-state index in [1.807, 2.05) is 22.4 Å². The molecular weight excluding hydrogens is 377 g/mol. The molecule has 27 heavy (non-hydrogen) atoms. The number of carbonyl (C=O) groups is 1. The van der Waals surface area contributed by atoms with Gasteiger partial charge in [0.15, 0.2) is 0 Å². The zero-order valence-electron chi connectivity index (χ0n) is 14.7. The molecule has 146 valence electrons. The lowest BCUT2D eigenvalue weighted by atomic mass is 10.2. The number of nitrogens with one attached hydrogen (secondary N) is 1. The standard InChI is InChI=1S/C19H21F3N2O2S/c20-19(21,22)14-4-1-5-15(10-14)23-18(25)13-24(11-16-6-2-8-26-16)12-17-7-3-9-27-17/h1,3-5,7,9-10,16H,2,6,8,11-13H2,(H,23,25). The van der Waals surface area contributed by atoms with Crippen molar-refractivity contribution in [1.82, 2.24) is 4.90 Å². The van der Waals surface area contributed by atoms with E-state index in [4.69, 9.17) is 4.74 Å². The maximum atomic E-state index is 12.8. The Balaban J connectivity index is 1.62. The Labute approximate surface area is 159 Å². The third-order valence-corrected chi connectivity index (χ3v) is 5.15. The van der Waals surface area contributed by atoms with Gasteiger partial charge in [0.25, 0.3) is 0 Å². The molecule has 0 bridgehead atoms. The largest absolute Gasteiger partial charge is 0.416 e. The number of alkyl halides is 3. The van der Waals surface area contributed by atoms with Crippen molar-refractivity contribution in [2.45, 2.75) is 31.7 Å². The normalized spacial score (nSPS) is 17.4. The number of benzene rings is 1. The number of hydrogen-bond donors (Lipinski definition) is 1. The van der Waals surface area contributed by atoms with Crippen LogP contribution in [0.15, 0.2) is 41.8 Å². The summed E-state index contributed by atoms with van der Waals surface area (Å²) in [5, 5.41) is 4.55. The Hall–Kier alpha value is -1.90. The highest BCUT2D eigenvalue weighted by Crippen LogP contribution is 2.30. The molecule has 1 unspecified atom stereocenters. The third kappa shape index (κ3) is 6.05. The summed E-state index contributed by atoms with van der Waals surface area (Å²) >= 11 is 1.61. The molecule has 1 saturated heterocycles. The van der Waals surface area contributed by atoms with E-state index < -0.39 is 11.7 Å². The van der Waals surface area contributed by atoms with E-state index in [9.17, 15) is 18.0 Å². The molecule has 2 aromatic rings. The maximum Gasteiger partial charge on any atom is 0.416 e. The van der Waals surface area contributed by atoms with Crippen LogP contribution in [0.1, 0.15) is 23.3 Å². The summed E-state index contributed by atoms with van der Waals surface area (Å²) < 4.78 is 44.1. The van der Waals surface area contributed by atoms with Crippen molar-refractivity contribution in [1.29, 1.82) is 0 Å². The quantitative estimate of drug-likeness (QED) is 0.752. The Morgan fingerprint density at radius 2 is 2.15 bits per heavy atom. The average molecular weight is 398 g/mol. The zero-order chi connectivity index (χ0) is 19.3. The topological polar surface area (TPSA) is 41.6 Å². The first kappa shape index (κ1) is 19.9. The summed E-state index contributed by atoms with van der Waals surface area (Å²) in [6, 6.07) is 8.62. The van der Waals surface area contributed by atoms with Crippen LogP contribution in [0.25, 0.3) is 0 Å². The van der Waals surface area contributed by atoms with E-state index in [0.717, 1.165) is 36.5 Å². The summed E-state index contributed by atoms with van der Waals surface area (Å²) in [4.78, 5) is 15.5. The van der Waals surface area contributed by atoms with Gasteiger partial charge in [-0.25, -0.2) is 0 Å². The first-order valence-electron chi connectivity index (χ1n) is 8.73. The lowest BCUT2D eigenvalue weighted by molar-refractivity contribution is -0.137. The molecule has 1 amide bonds. The second-order valence-corrected chi connectivity index (χ2v) is 7.54. The van der Waals surface area contributed by atoms with Crippen molar-refractivity contribution in [3.05, 3.63) is 52.2 Å². The van der Waals surface area contributed by atoms with E-state index in [1.54, 1.807) is 11.3 Å². The van der Waals surface area contributed by atoms with Crippen molar-refractivity contribution in [3.63, 3.8) is 0 Å². The van der Waals surface area contributed by atoms with Gasteiger partial charge < -0.3 is 10.1 Å². The summed E-state index contributed by atoms with van der Waals surface area (Å²) in [5.41, 5.74) is -0.641. The van der Waals surface area contributed by atoms with Crippen molar-refractivity contribution in [2.75, 3.05) is 25.0 Å². The van der Waals surface area contributed by atoms with Crippen LogP contribution < -0.4 is 5.32 Å². The predicted molar refractivity (Wildman–Crippen MR) is 98.6 cm³/mol. The minimum Gasteiger partial charge on any atom is -0.377 e. The van der Waals surface area contributed by atoms with E-state index in [1.165, 1.54) is 12.1 Å². The van der Waals surface area contributed by atoms with Gasteiger partial charge in [0.2, 0.25) is 5.91 Å². The van der Waals surface area contributed by atoms with Gasteiger partial charge in [-0.2, -0.15) is 13.2 Å². The minimum atomic E-state index is -4.44. The van der Waals surface area contributed by atoms with Crippen LogP contribution in [0.4, 0.5) is 18.9 Å². The van der Waals surface area contributed by atoms with Crippen LogP contribution in [0, 0.1) is 0 Å². The summed E-state index contributed by atoms with van der Waals surface area (Å²) in [7, 11) is 0. The number of rotatable bonds is 7. The van der Waals surface area contributed by atoms with Crippen LogP contribution in [0.2, 0.25) is 0 Å². The molecular formula is C19H21F3N2O2S. The highest BCUT2D eigenvalue weighted by Gasteiger charge is 2.30. The van der Waals surface area contributed by atoms with Gasteiger partial charge in [-0.3, -0.25) is 9.69 Å². The fraction of sp³-hybridized carbons (Fsp3) is 0.421. The molecule has 1 aliphatic heterocycles. The van der Waals surface area contributed by atoms with E-state index in [2.05, 4.69) is 5.32 Å². The molecule has 0 saturated carbocycles. The fourth-order valence-electron chi connectivity index (χ4n) is 3.06. The van der Waals surface area contributed by atoms with Crippen molar-refractivity contribution >= 4 is 22.9 Å². The fourth-order valence-corrected chi connectivity index (χ4v) is 3.81. The number of halogens is 3. The molecule has 1 aromatic carbocycles. The Morgan fingerprint density at radius 1 is 1.30 bits per heavy atom. The predicted octanol–water partition coefficient (Wildman–Crippen LogP) is 4.39. The highest BCUT2D eigenvalue weighted by atomic mass is 32.1. The molecule has 0 radical (unpaired) electrons. The molecule has 1 atom stereocenters. The number of ether oxygens (including phenoxy) is 1. The van der Waals surface area contributed by atoms with E-state index >= 15 is 0 Å². The first-order chi connectivity index (χ1) is 12.9. The number of nitrogens with zero attached hydrogens (tertiary/aromatic N) is 1. The molecule has 0 aliphatic carbocycles.